The van der Waals surface area contributed by atoms with Gasteiger partial charge in [0.1, 0.15) is 0 Å². The monoisotopic (exact) mass is 704 g/mol. The smallest absolute Gasteiger partial charge is 0.0162 e. The number of hydrogen-bond acceptors (Lipinski definition) is 0. The van der Waals surface area contributed by atoms with Gasteiger partial charge < -0.3 is 0 Å². The highest BCUT2D eigenvalue weighted by molar-refractivity contribution is 6.19. The van der Waals surface area contributed by atoms with E-state index < -0.39 is 0 Å². The topological polar surface area (TPSA) is 0 Å². The molecular weight excluding hydrogens is 649 g/mol. The zero-order valence-electron chi connectivity index (χ0n) is 35.1. The molecule has 6 aromatic carbocycles. The van der Waals surface area contributed by atoms with E-state index in [0.29, 0.717) is 0 Å². The van der Waals surface area contributed by atoms with E-state index in [2.05, 4.69) is 182 Å². The highest BCUT2D eigenvalue weighted by atomic mass is 14.6. The normalized spacial score (nSPS) is 18.4. The van der Waals surface area contributed by atoms with Gasteiger partial charge in [0.2, 0.25) is 0 Å². The lowest BCUT2D eigenvalue weighted by Crippen LogP contribution is -2.28. The first-order valence-corrected chi connectivity index (χ1v) is 20.4. The highest BCUT2D eigenvalue weighted by Gasteiger charge is 2.54. The van der Waals surface area contributed by atoms with E-state index in [-0.39, 0.29) is 32.5 Å². The Morgan fingerprint density at radius 2 is 0.611 bits per heavy atom. The first kappa shape index (κ1) is 34.1. The van der Waals surface area contributed by atoms with Crippen molar-refractivity contribution in [2.75, 3.05) is 0 Å². The molecule has 4 aliphatic rings. The number of fused-ring (bicyclic) bond motifs is 1. The average Bonchev–Trinajstić information content (AvgIpc) is 3.48. The average molecular weight is 705 g/mol. The van der Waals surface area contributed by atoms with Crippen molar-refractivity contribution in [1.82, 2.24) is 0 Å². The summed E-state index contributed by atoms with van der Waals surface area (Å²) in [5, 5.41) is 3.05. The minimum atomic E-state index is -0.160. The molecule has 0 atom stereocenters. The SMILES string of the molecule is CC(C)(C)c1ccc(-c2cc3c4c(c2)C(C)(C)c2ccc5c6c7c(c(c-4c26)C3(C)C)C(C)(C)c2cc(-c3ccc(C(C)(C)C)cc3)cc(c2-7)C5(C)C)cc1. The molecule has 0 aromatic heterocycles. The van der Waals surface area contributed by atoms with Crippen LogP contribution in [0, 0.1) is 0 Å². The summed E-state index contributed by atoms with van der Waals surface area (Å²) in [6.45, 7) is 33.9. The van der Waals surface area contributed by atoms with Gasteiger partial charge in [-0.25, -0.2) is 0 Å². The maximum atomic E-state index is 2.57. The van der Waals surface area contributed by atoms with Crippen LogP contribution in [0.3, 0.4) is 0 Å². The van der Waals surface area contributed by atoms with Gasteiger partial charge in [0, 0.05) is 21.7 Å². The molecular formula is C54H56. The maximum Gasteiger partial charge on any atom is 0.0162 e. The molecule has 0 spiro atoms. The van der Waals surface area contributed by atoms with Crippen LogP contribution in [0.15, 0.2) is 84.9 Å². The van der Waals surface area contributed by atoms with Gasteiger partial charge in [0.15, 0.2) is 0 Å². The van der Waals surface area contributed by atoms with Crippen molar-refractivity contribution in [3.05, 3.63) is 141 Å². The molecule has 0 radical (unpaired) electrons. The van der Waals surface area contributed by atoms with E-state index in [1.54, 1.807) is 11.1 Å². The second kappa shape index (κ2) is 9.87. The molecule has 0 amide bonds. The molecule has 6 aromatic rings. The Bertz CT molecular complexity index is 2480. The Hall–Kier alpha value is -4.42. The second-order valence-corrected chi connectivity index (χ2v) is 21.5. The Labute approximate surface area is 324 Å². The molecule has 272 valence electrons. The summed E-state index contributed by atoms with van der Waals surface area (Å²) in [5.74, 6) is 0. The molecule has 10 rings (SSSR count). The Morgan fingerprint density at radius 3 is 0.907 bits per heavy atom. The second-order valence-electron chi connectivity index (χ2n) is 21.5. The van der Waals surface area contributed by atoms with Gasteiger partial charge in [-0.1, -0.05) is 158 Å². The number of hydrogen-bond donors (Lipinski definition) is 0. The quantitative estimate of drug-likeness (QED) is 0.168. The van der Waals surface area contributed by atoms with Crippen molar-refractivity contribution < 1.29 is 0 Å². The zero-order valence-corrected chi connectivity index (χ0v) is 35.1. The van der Waals surface area contributed by atoms with E-state index in [1.807, 2.05) is 0 Å². The van der Waals surface area contributed by atoms with Crippen LogP contribution in [-0.4, -0.2) is 0 Å². The summed E-state index contributed by atoms with van der Waals surface area (Å²) in [7, 11) is 0. The molecule has 0 heteroatoms. The molecule has 0 saturated heterocycles. The third kappa shape index (κ3) is 4.00. The van der Waals surface area contributed by atoms with Crippen molar-refractivity contribution in [3.63, 3.8) is 0 Å². The van der Waals surface area contributed by atoms with Gasteiger partial charge in [-0.15, -0.1) is 0 Å². The van der Waals surface area contributed by atoms with Crippen LogP contribution in [-0.2, 0) is 32.5 Å². The maximum absolute atomic E-state index is 2.57. The standard InChI is InChI=1S/C54H56/c1-49(2,3)33-19-15-29(16-20-33)31-25-37-41-39(27-31)53(11,12)47-45(41)43-35(51(37,7)8)23-24-36-44(43)46-42-38(52(36,9)10)26-32(28-40(42)54(13,14)48(46)47)30-17-21-34(22-18-30)50(4,5)6/h15-28H,1-14H3. The van der Waals surface area contributed by atoms with Crippen molar-refractivity contribution in [1.29, 1.82) is 0 Å². The molecule has 0 nitrogen and oxygen atoms in total. The van der Waals surface area contributed by atoms with Gasteiger partial charge in [-0.05, 0) is 146 Å². The van der Waals surface area contributed by atoms with Crippen LogP contribution < -0.4 is 0 Å². The van der Waals surface area contributed by atoms with Gasteiger partial charge in [0.25, 0.3) is 0 Å². The fraction of sp³-hybridized carbons (Fsp3) is 0.370. The van der Waals surface area contributed by atoms with Crippen molar-refractivity contribution in [2.24, 2.45) is 0 Å². The van der Waals surface area contributed by atoms with Gasteiger partial charge >= 0.3 is 0 Å². The lowest BCUT2D eigenvalue weighted by molar-refractivity contribution is 0.590. The van der Waals surface area contributed by atoms with Gasteiger partial charge in [-0.2, -0.15) is 0 Å². The molecule has 0 N–H and O–H groups in total. The minimum Gasteiger partial charge on any atom is -0.0579 e. The minimum absolute atomic E-state index is 0.128. The Kier molecular flexibility index (Phi) is 6.23. The zero-order chi connectivity index (χ0) is 38.4. The predicted octanol–water partition coefficient (Wildman–Crippen LogP) is 14.7. The first-order chi connectivity index (χ1) is 25.1. The first-order valence-electron chi connectivity index (χ1n) is 20.4. The fourth-order valence-corrected chi connectivity index (χ4v) is 11.4. The molecule has 0 heterocycles. The van der Waals surface area contributed by atoms with Crippen LogP contribution in [0.1, 0.15) is 153 Å². The third-order valence-corrected chi connectivity index (χ3v) is 14.7. The van der Waals surface area contributed by atoms with E-state index in [9.17, 15) is 0 Å². The lowest BCUT2D eigenvalue weighted by atomic mass is 9.62. The van der Waals surface area contributed by atoms with E-state index in [1.165, 1.54) is 99.8 Å². The molecule has 0 aliphatic heterocycles. The molecule has 0 unspecified atom stereocenters. The van der Waals surface area contributed by atoms with Gasteiger partial charge in [0.05, 0.1) is 0 Å². The molecule has 54 heavy (non-hydrogen) atoms. The highest BCUT2D eigenvalue weighted by Crippen LogP contribution is 2.69. The van der Waals surface area contributed by atoms with E-state index in [4.69, 9.17) is 0 Å². The Balaban J connectivity index is 1.29. The van der Waals surface area contributed by atoms with E-state index >= 15 is 0 Å². The molecule has 0 bridgehead atoms. The Morgan fingerprint density at radius 1 is 0.315 bits per heavy atom. The third-order valence-electron chi connectivity index (χ3n) is 14.7. The summed E-state index contributed by atoms with van der Waals surface area (Å²) in [6.07, 6.45) is 0. The van der Waals surface area contributed by atoms with Crippen molar-refractivity contribution in [3.8, 4) is 44.5 Å². The summed E-state index contributed by atoms with van der Waals surface area (Å²) in [6, 6.07) is 34.1. The molecule has 0 fully saturated rings. The number of benzene rings is 6. The van der Waals surface area contributed by atoms with Crippen LogP contribution >= 0.6 is 0 Å². The molecule has 4 aliphatic carbocycles. The van der Waals surface area contributed by atoms with Crippen LogP contribution in [0.2, 0.25) is 0 Å². The predicted molar refractivity (Wildman–Crippen MR) is 232 cm³/mol. The number of rotatable bonds is 2. The molecule has 0 saturated carbocycles. The summed E-state index contributed by atoms with van der Waals surface area (Å²) >= 11 is 0. The van der Waals surface area contributed by atoms with Gasteiger partial charge in [-0.3, -0.25) is 0 Å². The summed E-state index contributed by atoms with van der Waals surface area (Å²) < 4.78 is 0. The van der Waals surface area contributed by atoms with Crippen LogP contribution in [0.25, 0.3) is 55.3 Å². The summed E-state index contributed by atoms with van der Waals surface area (Å²) in [4.78, 5) is 0. The van der Waals surface area contributed by atoms with Crippen molar-refractivity contribution >= 4 is 10.8 Å². The largest absolute Gasteiger partial charge is 0.0579 e. The van der Waals surface area contributed by atoms with Crippen LogP contribution in [0.5, 0.6) is 0 Å². The lowest BCUT2D eigenvalue weighted by Gasteiger charge is -2.41. The van der Waals surface area contributed by atoms with Crippen molar-refractivity contribution in [2.45, 2.75) is 129 Å². The van der Waals surface area contributed by atoms with Crippen LogP contribution in [0.4, 0.5) is 0 Å². The fourth-order valence-electron chi connectivity index (χ4n) is 11.4. The summed E-state index contributed by atoms with van der Waals surface area (Å²) in [5.41, 5.74) is 25.8. The van der Waals surface area contributed by atoms with E-state index in [0.717, 1.165) is 0 Å².